The maximum atomic E-state index is 12.2. The number of nitrogens with two attached hydrogens (primary N) is 1. The molecule has 0 aliphatic heterocycles. The van der Waals surface area contributed by atoms with E-state index in [9.17, 15) is 8.42 Å². The molecule has 1 aliphatic carbocycles. The average molecular weight is 302 g/mol. The summed E-state index contributed by atoms with van der Waals surface area (Å²) < 4.78 is 27.4. The van der Waals surface area contributed by atoms with Gasteiger partial charge < -0.3 is 5.73 Å². The fourth-order valence-electron chi connectivity index (χ4n) is 2.48. The molecule has 1 saturated carbocycles. The van der Waals surface area contributed by atoms with Crippen molar-refractivity contribution in [3.05, 3.63) is 17.0 Å². The Kier molecular flexibility index (Phi) is 4.66. The fourth-order valence-corrected chi connectivity index (χ4v) is 4.94. The topological polar surface area (TPSA) is 72.2 Å². The molecule has 0 saturated heterocycles. The number of sulfonamides is 1. The van der Waals surface area contributed by atoms with E-state index in [1.807, 2.05) is 13.0 Å². The van der Waals surface area contributed by atoms with Crippen molar-refractivity contribution in [3.63, 3.8) is 0 Å². The zero-order valence-electron chi connectivity index (χ0n) is 11.3. The Labute approximate surface area is 119 Å². The van der Waals surface area contributed by atoms with Crippen molar-refractivity contribution in [2.45, 2.75) is 55.2 Å². The van der Waals surface area contributed by atoms with Gasteiger partial charge in [-0.2, -0.15) is 0 Å². The Morgan fingerprint density at radius 1 is 1.26 bits per heavy atom. The highest BCUT2D eigenvalue weighted by Crippen LogP contribution is 2.25. The molecule has 1 aromatic heterocycles. The number of hydrogen-bond donors (Lipinski definition) is 2. The van der Waals surface area contributed by atoms with E-state index in [-0.39, 0.29) is 5.54 Å². The van der Waals surface area contributed by atoms with E-state index in [1.54, 1.807) is 6.07 Å². The Hall–Kier alpha value is -0.430. The van der Waals surface area contributed by atoms with Gasteiger partial charge >= 0.3 is 0 Å². The molecule has 1 fully saturated rings. The van der Waals surface area contributed by atoms with Gasteiger partial charge in [-0.1, -0.05) is 25.7 Å². The first-order chi connectivity index (χ1) is 8.91. The lowest BCUT2D eigenvalue weighted by Gasteiger charge is -2.28. The molecule has 2 rings (SSSR count). The maximum absolute atomic E-state index is 12.2. The van der Waals surface area contributed by atoms with Crippen LogP contribution in [0.2, 0.25) is 0 Å². The van der Waals surface area contributed by atoms with Crippen molar-refractivity contribution in [3.8, 4) is 0 Å². The highest BCUT2D eigenvalue weighted by Gasteiger charge is 2.28. The van der Waals surface area contributed by atoms with Crippen molar-refractivity contribution in [2.24, 2.45) is 5.73 Å². The molecule has 4 nitrogen and oxygen atoms in total. The van der Waals surface area contributed by atoms with Gasteiger partial charge in [-0.3, -0.25) is 0 Å². The summed E-state index contributed by atoms with van der Waals surface area (Å²) in [5, 5.41) is 0. The zero-order valence-corrected chi connectivity index (χ0v) is 12.9. The van der Waals surface area contributed by atoms with Gasteiger partial charge in [0.25, 0.3) is 0 Å². The number of thiophene rings is 1. The first kappa shape index (κ1) is 15.0. The summed E-state index contributed by atoms with van der Waals surface area (Å²) in [6.45, 7) is 2.24. The third-order valence-corrected chi connectivity index (χ3v) is 6.59. The van der Waals surface area contributed by atoms with Crippen LogP contribution in [0.1, 0.15) is 43.4 Å². The predicted octanol–water partition coefficient (Wildman–Crippen LogP) is 2.39. The standard InChI is InChI=1S/C13H22N2O2S2/c1-11-6-7-12(18-11)19(16,17)15-10-13(14)8-4-2-3-5-9-13/h6-7,15H,2-5,8-10,14H2,1H3. The lowest BCUT2D eigenvalue weighted by molar-refractivity contribution is 0.369. The van der Waals surface area contributed by atoms with Gasteiger partial charge in [0.2, 0.25) is 10.0 Å². The molecule has 1 aliphatic rings. The third-order valence-electron chi connectivity index (χ3n) is 3.69. The summed E-state index contributed by atoms with van der Waals surface area (Å²) in [7, 11) is -3.40. The molecule has 0 radical (unpaired) electrons. The molecule has 0 unspecified atom stereocenters. The van der Waals surface area contributed by atoms with Gasteiger partial charge in [0, 0.05) is 17.0 Å². The lowest BCUT2D eigenvalue weighted by atomic mass is 9.92. The molecular weight excluding hydrogens is 280 g/mol. The van der Waals surface area contributed by atoms with Gasteiger partial charge in [-0.25, -0.2) is 13.1 Å². The minimum absolute atomic E-state index is 0.340. The number of hydrogen-bond acceptors (Lipinski definition) is 4. The van der Waals surface area contributed by atoms with E-state index in [4.69, 9.17) is 5.73 Å². The van der Waals surface area contributed by atoms with Crippen LogP contribution in [0, 0.1) is 6.92 Å². The van der Waals surface area contributed by atoms with Crippen molar-refractivity contribution < 1.29 is 8.42 Å². The monoisotopic (exact) mass is 302 g/mol. The third kappa shape index (κ3) is 4.02. The van der Waals surface area contributed by atoms with Crippen LogP contribution in [0.3, 0.4) is 0 Å². The molecule has 0 aromatic carbocycles. The molecule has 0 atom stereocenters. The summed E-state index contributed by atoms with van der Waals surface area (Å²) in [4.78, 5) is 0.998. The Morgan fingerprint density at radius 2 is 1.89 bits per heavy atom. The average Bonchev–Trinajstić information content (AvgIpc) is 2.68. The summed E-state index contributed by atoms with van der Waals surface area (Å²) in [6.07, 6.45) is 6.40. The van der Waals surface area contributed by atoms with Crippen molar-refractivity contribution >= 4 is 21.4 Å². The molecular formula is C13H22N2O2S2. The summed E-state index contributed by atoms with van der Waals surface area (Å²) in [6, 6.07) is 3.47. The molecule has 0 amide bonds. The van der Waals surface area contributed by atoms with E-state index < -0.39 is 10.0 Å². The normalized spacial score (nSPS) is 20.1. The van der Waals surface area contributed by atoms with Gasteiger partial charge in [0.05, 0.1) is 0 Å². The van der Waals surface area contributed by atoms with Crippen LogP contribution in [-0.2, 0) is 10.0 Å². The number of aryl methyl sites for hydroxylation is 1. The highest BCUT2D eigenvalue weighted by atomic mass is 32.2. The van der Waals surface area contributed by atoms with E-state index in [1.165, 1.54) is 24.2 Å². The van der Waals surface area contributed by atoms with E-state index in [0.717, 1.165) is 30.6 Å². The summed E-state index contributed by atoms with van der Waals surface area (Å²) in [5.41, 5.74) is 5.95. The zero-order chi connectivity index (χ0) is 13.9. The second-order valence-electron chi connectivity index (χ2n) is 5.47. The van der Waals surface area contributed by atoms with Gasteiger partial charge in [0.1, 0.15) is 4.21 Å². The van der Waals surface area contributed by atoms with E-state index in [2.05, 4.69) is 4.72 Å². The Balaban J connectivity index is 2.01. The van der Waals surface area contributed by atoms with Crippen LogP contribution >= 0.6 is 11.3 Å². The fraction of sp³-hybridized carbons (Fsp3) is 0.692. The SMILES string of the molecule is Cc1ccc(S(=O)(=O)NCC2(N)CCCCCC2)s1. The minimum atomic E-state index is -3.40. The largest absolute Gasteiger partial charge is 0.324 e. The first-order valence-corrected chi connectivity index (χ1v) is 9.06. The smallest absolute Gasteiger partial charge is 0.250 e. The quantitative estimate of drug-likeness (QED) is 0.839. The number of nitrogens with one attached hydrogen (secondary N) is 1. The Bertz CT molecular complexity index is 515. The molecule has 108 valence electrons. The molecule has 0 spiro atoms. The van der Waals surface area contributed by atoms with Crippen LogP contribution in [0.5, 0.6) is 0 Å². The Morgan fingerprint density at radius 3 is 2.42 bits per heavy atom. The van der Waals surface area contributed by atoms with Crippen LogP contribution in [0.4, 0.5) is 0 Å². The van der Waals surface area contributed by atoms with Gasteiger partial charge in [-0.15, -0.1) is 11.3 Å². The van der Waals surface area contributed by atoms with E-state index in [0.29, 0.717) is 10.8 Å². The van der Waals surface area contributed by atoms with Crippen molar-refractivity contribution in [1.82, 2.24) is 4.72 Å². The van der Waals surface area contributed by atoms with Gasteiger partial charge in [-0.05, 0) is 31.9 Å². The van der Waals surface area contributed by atoms with Crippen LogP contribution < -0.4 is 10.5 Å². The summed E-state index contributed by atoms with van der Waals surface area (Å²) in [5.74, 6) is 0. The molecule has 1 aromatic rings. The molecule has 3 N–H and O–H groups in total. The molecule has 0 bridgehead atoms. The number of rotatable bonds is 4. The van der Waals surface area contributed by atoms with Crippen LogP contribution in [0.15, 0.2) is 16.3 Å². The van der Waals surface area contributed by atoms with Crippen molar-refractivity contribution in [1.29, 1.82) is 0 Å². The second kappa shape index (κ2) is 5.91. The van der Waals surface area contributed by atoms with Crippen LogP contribution in [0.25, 0.3) is 0 Å². The van der Waals surface area contributed by atoms with Gasteiger partial charge in [0.15, 0.2) is 0 Å². The molecule has 1 heterocycles. The summed E-state index contributed by atoms with van der Waals surface area (Å²) >= 11 is 1.29. The van der Waals surface area contributed by atoms with Crippen molar-refractivity contribution in [2.75, 3.05) is 6.54 Å². The second-order valence-corrected chi connectivity index (χ2v) is 8.75. The minimum Gasteiger partial charge on any atom is -0.324 e. The van der Waals surface area contributed by atoms with Crippen LogP contribution in [-0.4, -0.2) is 20.5 Å². The first-order valence-electron chi connectivity index (χ1n) is 6.76. The molecule has 19 heavy (non-hydrogen) atoms. The predicted molar refractivity (Wildman–Crippen MR) is 78.9 cm³/mol. The molecule has 6 heteroatoms. The highest BCUT2D eigenvalue weighted by molar-refractivity contribution is 7.91. The maximum Gasteiger partial charge on any atom is 0.250 e. The lowest BCUT2D eigenvalue weighted by Crippen LogP contribution is -2.49. The van der Waals surface area contributed by atoms with E-state index >= 15 is 0 Å².